The predicted octanol–water partition coefficient (Wildman–Crippen LogP) is 3.58. The normalized spacial score (nSPS) is 11.3. The Labute approximate surface area is 162 Å². The summed E-state index contributed by atoms with van der Waals surface area (Å²) in [7, 11) is 3.14. The van der Waals surface area contributed by atoms with E-state index < -0.39 is 6.29 Å². The molecule has 1 amide bonds. The van der Waals surface area contributed by atoms with Gasteiger partial charge in [0.25, 0.3) is 5.91 Å². The van der Waals surface area contributed by atoms with Crippen LogP contribution in [0.4, 0.5) is 0 Å². The van der Waals surface area contributed by atoms with E-state index in [2.05, 4.69) is 38.0 Å². The minimum atomic E-state index is -0.464. The van der Waals surface area contributed by atoms with Crippen LogP contribution in [0.25, 0.3) is 11.1 Å². The molecule has 0 fully saturated rings. The minimum Gasteiger partial charge on any atom is -0.354 e. The summed E-state index contributed by atoms with van der Waals surface area (Å²) in [6, 6.07) is 4.28. The Morgan fingerprint density at radius 2 is 1.74 bits per heavy atom. The van der Waals surface area contributed by atoms with Crippen molar-refractivity contribution in [2.24, 2.45) is 0 Å². The predicted molar refractivity (Wildman–Crippen MR) is 107 cm³/mol. The molecule has 27 heavy (non-hydrogen) atoms. The van der Waals surface area contributed by atoms with Crippen LogP contribution in [0.3, 0.4) is 0 Å². The molecule has 2 rings (SSSR count). The first-order valence-corrected chi connectivity index (χ1v) is 9.36. The van der Waals surface area contributed by atoms with Gasteiger partial charge >= 0.3 is 0 Å². The molecule has 0 atom stereocenters. The highest BCUT2D eigenvalue weighted by atomic mass is 16.7. The van der Waals surface area contributed by atoms with E-state index >= 15 is 0 Å². The van der Waals surface area contributed by atoms with E-state index in [1.807, 2.05) is 24.7 Å². The van der Waals surface area contributed by atoms with Gasteiger partial charge < -0.3 is 14.4 Å². The minimum absolute atomic E-state index is 0.113. The van der Waals surface area contributed by atoms with Crippen LogP contribution in [0.2, 0.25) is 0 Å². The monoisotopic (exact) mass is 373 g/mol. The van der Waals surface area contributed by atoms with E-state index in [4.69, 9.17) is 9.47 Å². The number of methoxy groups -OCH3 is 2. The molecule has 0 saturated carbocycles. The van der Waals surface area contributed by atoms with Crippen LogP contribution in [-0.4, -0.2) is 54.2 Å². The summed E-state index contributed by atoms with van der Waals surface area (Å²) in [5.41, 5.74) is 5.93. The smallest absolute Gasteiger partial charge is 0.275 e. The number of benzene rings is 1. The van der Waals surface area contributed by atoms with Gasteiger partial charge in [0.05, 0.1) is 6.54 Å². The molecule has 2 aromatic rings. The third-order valence-corrected chi connectivity index (χ3v) is 4.80. The van der Waals surface area contributed by atoms with Gasteiger partial charge in [-0.25, -0.2) is 0 Å². The number of aromatic nitrogens is 2. The van der Waals surface area contributed by atoms with Crippen molar-refractivity contribution < 1.29 is 14.3 Å². The summed E-state index contributed by atoms with van der Waals surface area (Å²) < 4.78 is 12.4. The Hall–Kier alpha value is -2.18. The average molecular weight is 373 g/mol. The number of amides is 1. The standard InChI is InChI=1S/C21H31N3O3/c1-8-23(13-18(26-6)27-7)21(25)20-17(12-24(9-2)22-20)19-15(4)10-14(3)11-16(19)5/h10-12,18H,8-9,13H2,1-7H3. The molecular formula is C21H31N3O3. The second-order valence-corrected chi connectivity index (χ2v) is 6.77. The van der Waals surface area contributed by atoms with Crippen LogP contribution < -0.4 is 0 Å². The van der Waals surface area contributed by atoms with Crippen molar-refractivity contribution in [2.75, 3.05) is 27.3 Å². The number of hydrogen-bond acceptors (Lipinski definition) is 4. The highest BCUT2D eigenvalue weighted by Crippen LogP contribution is 2.31. The lowest BCUT2D eigenvalue weighted by Crippen LogP contribution is -2.39. The first-order valence-electron chi connectivity index (χ1n) is 9.36. The lowest BCUT2D eigenvalue weighted by molar-refractivity contribution is -0.111. The molecule has 1 aromatic carbocycles. The van der Waals surface area contributed by atoms with Crippen molar-refractivity contribution in [1.82, 2.24) is 14.7 Å². The van der Waals surface area contributed by atoms with Crippen LogP contribution in [0.15, 0.2) is 18.3 Å². The maximum atomic E-state index is 13.3. The van der Waals surface area contributed by atoms with Crippen LogP contribution in [0.5, 0.6) is 0 Å². The number of ether oxygens (including phenoxy) is 2. The first-order chi connectivity index (χ1) is 12.9. The Morgan fingerprint density at radius 3 is 2.22 bits per heavy atom. The number of carbonyl (C=O) groups is 1. The number of rotatable bonds is 8. The molecular weight excluding hydrogens is 342 g/mol. The zero-order valence-electron chi connectivity index (χ0n) is 17.5. The molecule has 6 heteroatoms. The van der Waals surface area contributed by atoms with Crippen molar-refractivity contribution in [2.45, 2.75) is 47.5 Å². The van der Waals surface area contributed by atoms with Crippen LogP contribution in [-0.2, 0) is 16.0 Å². The Morgan fingerprint density at radius 1 is 1.15 bits per heavy atom. The van der Waals surface area contributed by atoms with Gasteiger partial charge in [-0.1, -0.05) is 17.7 Å². The van der Waals surface area contributed by atoms with Crippen LogP contribution >= 0.6 is 0 Å². The number of nitrogens with zero attached hydrogens (tertiary/aromatic N) is 3. The molecule has 1 heterocycles. The maximum absolute atomic E-state index is 13.3. The molecule has 0 bridgehead atoms. The van der Waals surface area contributed by atoms with Crippen molar-refractivity contribution in [3.63, 3.8) is 0 Å². The molecule has 0 aliphatic carbocycles. The molecule has 0 N–H and O–H groups in total. The van der Waals surface area contributed by atoms with Gasteiger partial charge in [-0.05, 0) is 51.3 Å². The van der Waals surface area contributed by atoms with Gasteiger partial charge in [-0.3, -0.25) is 9.48 Å². The fraction of sp³-hybridized carbons (Fsp3) is 0.524. The summed E-state index contributed by atoms with van der Waals surface area (Å²) in [5, 5.41) is 4.58. The van der Waals surface area contributed by atoms with Crippen molar-refractivity contribution >= 4 is 5.91 Å². The van der Waals surface area contributed by atoms with Crippen LogP contribution in [0, 0.1) is 20.8 Å². The van der Waals surface area contributed by atoms with Gasteiger partial charge in [-0.2, -0.15) is 5.10 Å². The topological polar surface area (TPSA) is 56.6 Å². The first kappa shape index (κ1) is 21.1. The zero-order valence-corrected chi connectivity index (χ0v) is 17.5. The van der Waals surface area contributed by atoms with Crippen LogP contribution in [0.1, 0.15) is 41.0 Å². The average Bonchev–Trinajstić information content (AvgIpc) is 3.05. The van der Waals surface area contributed by atoms with E-state index in [-0.39, 0.29) is 5.91 Å². The van der Waals surface area contributed by atoms with Gasteiger partial charge in [0.15, 0.2) is 12.0 Å². The quantitative estimate of drug-likeness (QED) is 0.664. The van der Waals surface area contributed by atoms with Crippen molar-refractivity contribution in [1.29, 1.82) is 0 Å². The lowest BCUT2D eigenvalue weighted by Gasteiger charge is -2.24. The van der Waals surface area contributed by atoms with E-state index in [0.717, 1.165) is 22.3 Å². The highest BCUT2D eigenvalue weighted by molar-refractivity contribution is 5.99. The van der Waals surface area contributed by atoms with Crippen molar-refractivity contribution in [3.8, 4) is 11.1 Å². The fourth-order valence-electron chi connectivity index (χ4n) is 3.46. The second kappa shape index (κ2) is 9.15. The summed E-state index contributed by atoms with van der Waals surface area (Å²) in [5.74, 6) is -0.113. The Kier molecular flexibility index (Phi) is 7.16. The summed E-state index contributed by atoms with van der Waals surface area (Å²) in [6.45, 7) is 11.8. The highest BCUT2D eigenvalue weighted by Gasteiger charge is 2.26. The fourth-order valence-corrected chi connectivity index (χ4v) is 3.46. The molecule has 0 radical (unpaired) electrons. The van der Waals surface area contributed by atoms with Gasteiger partial charge in [0.1, 0.15) is 0 Å². The molecule has 0 spiro atoms. The molecule has 1 aromatic heterocycles. The van der Waals surface area contributed by atoms with Gasteiger partial charge in [0, 0.05) is 39.1 Å². The third-order valence-electron chi connectivity index (χ3n) is 4.80. The molecule has 0 saturated heterocycles. The number of aryl methyl sites for hydroxylation is 4. The number of likely N-dealkylation sites (N-methyl/N-ethyl adjacent to an activating group) is 1. The SMILES string of the molecule is CCN(CC(OC)OC)C(=O)c1nn(CC)cc1-c1c(C)cc(C)cc1C. The van der Waals surface area contributed by atoms with Crippen molar-refractivity contribution in [3.05, 3.63) is 40.7 Å². The maximum Gasteiger partial charge on any atom is 0.275 e. The second-order valence-electron chi connectivity index (χ2n) is 6.77. The van der Waals surface area contributed by atoms with E-state index in [9.17, 15) is 4.79 Å². The van der Waals surface area contributed by atoms with Gasteiger partial charge in [0.2, 0.25) is 0 Å². The Balaban J connectivity index is 2.52. The summed E-state index contributed by atoms with van der Waals surface area (Å²) in [4.78, 5) is 15.0. The molecule has 6 nitrogen and oxygen atoms in total. The number of carbonyl (C=O) groups excluding carboxylic acids is 1. The van der Waals surface area contributed by atoms with E-state index in [0.29, 0.717) is 25.3 Å². The summed E-state index contributed by atoms with van der Waals surface area (Å²) >= 11 is 0. The molecule has 0 aliphatic rings. The Bertz CT molecular complexity index is 771. The van der Waals surface area contributed by atoms with E-state index in [1.165, 1.54) is 5.56 Å². The third kappa shape index (κ3) is 4.57. The van der Waals surface area contributed by atoms with E-state index in [1.54, 1.807) is 19.1 Å². The lowest BCUT2D eigenvalue weighted by atomic mass is 9.94. The molecule has 148 valence electrons. The zero-order chi connectivity index (χ0) is 20.1. The number of hydrogen-bond donors (Lipinski definition) is 0. The van der Waals surface area contributed by atoms with Gasteiger partial charge in [-0.15, -0.1) is 0 Å². The summed E-state index contributed by atoms with van der Waals surface area (Å²) in [6.07, 6.45) is 1.50. The largest absolute Gasteiger partial charge is 0.354 e. The molecule has 0 unspecified atom stereocenters. The molecule has 0 aliphatic heterocycles.